The van der Waals surface area contributed by atoms with Crippen molar-refractivity contribution in [2.45, 2.75) is 6.92 Å². The Balaban J connectivity index is 3.75. The molecule has 0 atom stereocenters. The van der Waals surface area contributed by atoms with Crippen LogP contribution in [0.1, 0.15) is 6.92 Å². The van der Waals surface area contributed by atoms with Crippen LogP contribution in [0.5, 0.6) is 0 Å². The molecule has 0 fully saturated rings. The number of ether oxygens (including phenoxy) is 2. The molecular formula is C6H9BrO3. The van der Waals surface area contributed by atoms with Gasteiger partial charge in [-0.05, 0) is 22.9 Å². The molecule has 0 aromatic carbocycles. The fourth-order valence-electron chi connectivity index (χ4n) is 0.336. The third-order valence-electron chi connectivity index (χ3n) is 0.713. The molecule has 0 amide bonds. The summed E-state index contributed by atoms with van der Waals surface area (Å²) in [7, 11) is 1.46. The van der Waals surface area contributed by atoms with E-state index < -0.39 is 5.97 Å². The van der Waals surface area contributed by atoms with E-state index in [4.69, 9.17) is 0 Å². The quantitative estimate of drug-likeness (QED) is 0.400. The molecule has 0 radical (unpaired) electrons. The molecule has 0 aliphatic carbocycles. The average molecular weight is 209 g/mol. The van der Waals surface area contributed by atoms with E-state index in [2.05, 4.69) is 25.4 Å². The summed E-state index contributed by atoms with van der Waals surface area (Å²) >= 11 is 2.99. The van der Waals surface area contributed by atoms with Crippen LogP contribution in [0, 0.1) is 0 Å². The van der Waals surface area contributed by atoms with E-state index in [0.29, 0.717) is 11.3 Å². The molecule has 0 heterocycles. The van der Waals surface area contributed by atoms with E-state index >= 15 is 0 Å². The first kappa shape index (κ1) is 9.49. The minimum Gasteiger partial charge on any atom is -0.490 e. The van der Waals surface area contributed by atoms with Gasteiger partial charge in [0.2, 0.25) is 0 Å². The monoisotopic (exact) mass is 208 g/mol. The van der Waals surface area contributed by atoms with Crippen molar-refractivity contribution in [2.75, 3.05) is 13.7 Å². The molecule has 0 rings (SSSR count). The largest absolute Gasteiger partial charge is 0.490 e. The second-order valence-electron chi connectivity index (χ2n) is 1.40. The van der Waals surface area contributed by atoms with E-state index in [1.54, 1.807) is 6.92 Å². The minimum absolute atomic E-state index is 0.367. The molecule has 0 aliphatic rings. The maximum Gasteiger partial charge on any atom is 0.335 e. The molecule has 0 aromatic rings. The van der Waals surface area contributed by atoms with E-state index in [1.165, 1.54) is 13.2 Å². The van der Waals surface area contributed by atoms with Crippen LogP contribution in [0.25, 0.3) is 0 Å². The van der Waals surface area contributed by atoms with Gasteiger partial charge in [-0.15, -0.1) is 0 Å². The Bertz CT molecular complexity index is 142. The van der Waals surface area contributed by atoms with Crippen molar-refractivity contribution in [1.29, 1.82) is 0 Å². The van der Waals surface area contributed by atoms with Crippen LogP contribution in [0.4, 0.5) is 0 Å². The lowest BCUT2D eigenvalue weighted by Gasteiger charge is -1.96. The lowest BCUT2D eigenvalue weighted by Crippen LogP contribution is -1.99. The number of carbonyl (C=O) groups is 1. The van der Waals surface area contributed by atoms with Gasteiger partial charge in [-0.25, -0.2) is 4.79 Å². The molecule has 0 saturated carbocycles. The van der Waals surface area contributed by atoms with Crippen LogP contribution in [0.2, 0.25) is 0 Å². The van der Waals surface area contributed by atoms with Gasteiger partial charge in [-0.1, -0.05) is 0 Å². The number of methoxy groups -OCH3 is 1. The molecule has 3 nitrogen and oxygen atoms in total. The normalized spacial score (nSPS) is 10.9. The summed E-state index contributed by atoms with van der Waals surface area (Å²) in [4.78, 5) is 10.6. The van der Waals surface area contributed by atoms with Crippen molar-refractivity contribution in [2.24, 2.45) is 0 Å². The van der Waals surface area contributed by atoms with E-state index in [1.807, 2.05) is 0 Å². The summed E-state index contributed by atoms with van der Waals surface area (Å²) in [5.74, 6) is -0.406. The molecule has 0 bridgehead atoms. The number of esters is 1. The van der Waals surface area contributed by atoms with E-state index in [9.17, 15) is 4.79 Å². The Morgan fingerprint density at radius 2 is 2.30 bits per heavy atom. The molecule has 0 aliphatic heterocycles. The highest BCUT2D eigenvalue weighted by molar-refractivity contribution is 9.11. The Hall–Kier alpha value is -0.510. The third kappa shape index (κ3) is 4.38. The molecule has 4 heteroatoms. The lowest BCUT2D eigenvalue weighted by atomic mass is 10.6. The van der Waals surface area contributed by atoms with Gasteiger partial charge < -0.3 is 9.47 Å². The fourth-order valence-corrected chi connectivity index (χ4v) is 0.522. The van der Waals surface area contributed by atoms with Crippen LogP contribution in [-0.2, 0) is 14.3 Å². The summed E-state index contributed by atoms with van der Waals surface area (Å²) in [5.41, 5.74) is 0. The zero-order chi connectivity index (χ0) is 7.98. The van der Waals surface area contributed by atoms with Gasteiger partial charge in [-0.3, -0.25) is 0 Å². The second kappa shape index (κ2) is 5.29. The fraction of sp³-hybridized carbons (Fsp3) is 0.500. The first-order valence-electron chi connectivity index (χ1n) is 2.78. The van der Waals surface area contributed by atoms with Crippen LogP contribution in [-0.4, -0.2) is 19.7 Å². The van der Waals surface area contributed by atoms with Crippen molar-refractivity contribution in [1.82, 2.24) is 0 Å². The lowest BCUT2D eigenvalue weighted by molar-refractivity contribution is -0.137. The first-order valence-corrected chi connectivity index (χ1v) is 3.58. The molecule has 0 aromatic heterocycles. The highest BCUT2D eigenvalue weighted by Gasteiger charge is 1.97. The number of carbonyl (C=O) groups excluding carboxylic acids is 1. The minimum atomic E-state index is -0.406. The van der Waals surface area contributed by atoms with Crippen molar-refractivity contribution in [3.8, 4) is 0 Å². The Morgan fingerprint density at radius 1 is 1.70 bits per heavy atom. The van der Waals surface area contributed by atoms with Crippen molar-refractivity contribution in [3.05, 3.63) is 10.7 Å². The molecule has 0 unspecified atom stereocenters. The topological polar surface area (TPSA) is 35.5 Å². The van der Waals surface area contributed by atoms with Gasteiger partial charge in [0.05, 0.1) is 19.8 Å². The van der Waals surface area contributed by atoms with Gasteiger partial charge in [0.1, 0.15) is 0 Å². The van der Waals surface area contributed by atoms with E-state index in [0.717, 1.165) is 0 Å². The predicted molar refractivity (Wildman–Crippen MR) is 40.7 cm³/mol. The molecule has 0 saturated heterocycles. The highest BCUT2D eigenvalue weighted by Crippen LogP contribution is 2.04. The van der Waals surface area contributed by atoms with Crippen LogP contribution in [0.3, 0.4) is 0 Å². The third-order valence-corrected chi connectivity index (χ3v) is 1.27. The summed E-state index contributed by atoms with van der Waals surface area (Å²) < 4.78 is 9.60. The average Bonchev–Trinajstić information content (AvgIpc) is 1.88. The SMILES string of the molecule is CCOC(=O)/C=C(\Br)OC. The molecule has 58 valence electrons. The summed E-state index contributed by atoms with van der Waals surface area (Å²) in [6.07, 6.45) is 1.23. The van der Waals surface area contributed by atoms with Crippen LogP contribution < -0.4 is 0 Å². The van der Waals surface area contributed by atoms with Crippen molar-refractivity contribution in [3.63, 3.8) is 0 Å². The molecule has 0 spiro atoms. The van der Waals surface area contributed by atoms with E-state index in [-0.39, 0.29) is 0 Å². The zero-order valence-electron chi connectivity index (χ0n) is 5.89. The van der Waals surface area contributed by atoms with Crippen LogP contribution in [0.15, 0.2) is 10.7 Å². The Morgan fingerprint density at radius 3 is 2.70 bits per heavy atom. The smallest absolute Gasteiger partial charge is 0.335 e. The summed E-state index contributed by atoms with van der Waals surface area (Å²) in [5, 5.41) is 0. The van der Waals surface area contributed by atoms with Crippen molar-refractivity contribution >= 4 is 21.9 Å². The summed E-state index contributed by atoms with van der Waals surface area (Å²) in [6, 6.07) is 0. The predicted octanol–water partition coefficient (Wildman–Crippen LogP) is 1.43. The number of halogens is 1. The maximum absolute atomic E-state index is 10.6. The Kier molecular flexibility index (Phi) is 5.02. The first-order chi connectivity index (χ1) is 4.70. The number of hydrogen-bond donors (Lipinski definition) is 0. The van der Waals surface area contributed by atoms with Crippen molar-refractivity contribution < 1.29 is 14.3 Å². The standard InChI is InChI=1S/C6H9BrO3/c1-3-10-6(8)4-5(7)9-2/h4H,3H2,1-2H3/b5-4+. The molecular weight excluding hydrogens is 200 g/mol. The van der Waals surface area contributed by atoms with Gasteiger partial charge in [-0.2, -0.15) is 0 Å². The zero-order valence-corrected chi connectivity index (χ0v) is 7.47. The van der Waals surface area contributed by atoms with Gasteiger partial charge in [0.15, 0.2) is 4.67 Å². The van der Waals surface area contributed by atoms with Gasteiger partial charge in [0.25, 0.3) is 0 Å². The maximum atomic E-state index is 10.6. The number of rotatable bonds is 3. The van der Waals surface area contributed by atoms with Gasteiger partial charge in [0, 0.05) is 0 Å². The second-order valence-corrected chi connectivity index (χ2v) is 2.19. The Labute approximate surface area is 68.1 Å². The number of hydrogen-bond acceptors (Lipinski definition) is 3. The van der Waals surface area contributed by atoms with Crippen LogP contribution >= 0.6 is 15.9 Å². The highest BCUT2D eigenvalue weighted by atomic mass is 79.9. The summed E-state index contributed by atoms with van der Waals surface area (Å²) in [6.45, 7) is 2.12. The van der Waals surface area contributed by atoms with Gasteiger partial charge >= 0.3 is 5.97 Å². The molecule has 0 N–H and O–H groups in total. The molecule has 10 heavy (non-hydrogen) atoms.